The van der Waals surface area contributed by atoms with Crippen molar-refractivity contribution < 1.29 is 26.4 Å². The van der Waals surface area contributed by atoms with Crippen LogP contribution in [0.1, 0.15) is 5.56 Å². The number of halogens is 5. The lowest BCUT2D eigenvalue weighted by molar-refractivity contribution is -0.290. The Morgan fingerprint density at radius 2 is 1.61 bits per heavy atom. The Hall–Kier alpha value is -1.92. The number of hydrogen-bond donors (Lipinski definition) is 0. The highest BCUT2D eigenvalue weighted by atomic mass is 19.4. The zero-order valence-corrected chi connectivity index (χ0v) is 8.59. The third-order valence-corrected chi connectivity index (χ3v) is 2.34. The van der Waals surface area contributed by atoms with Crippen LogP contribution in [0.5, 0.6) is 0 Å². The lowest BCUT2D eigenvalue weighted by Crippen LogP contribution is -2.37. The van der Waals surface area contributed by atoms with E-state index < -0.39 is 23.3 Å². The van der Waals surface area contributed by atoms with Gasteiger partial charge in [-0.2, -0.15) is 22.0 Å². The van der Waals surface area contributed by atoms with Crippen LogP contribution in [0.2, 0.25) is 0 Å². The molecule has 0 unspecified atom stereocenters. The van der Waals surface area contributed by atoms with Gasteiger partial charge in [0.2, 0.25) is 0 Å². The van der Waals surface area contributed by atoms with Gasteiger partial charge in [-0.05, 0) is 12.1 Å². The van der Waals surface area contributed by atoms with Gasteiger partial charge in [0.25, 0.3) is 0 Å². The van der Waals surface area contributed by atoms with Crippen molar-refractivity contribution in [2.24, 2.45) is 0 Å². The van der Waals surface area contributed by atoms with Crippen molar-refractivity contribution >= 4 is 11.0 Å². The van der Waals surface area contributed by atoms with Gasteiger partial charge in [0.05, 0.1) is 0 Å². The predicted octanol–water partition coefficient (Wildman–Crippen LogP) is 3.45. The molecule has 1 aromatic heterocycles. The Morgan fingerprint density at radius 1 is 1.00 bits per heavy atom. The van der Waals surface area contributed by atoms with Crippen LogP contribution in [0.15, 0.2) is 39.5 Å². The van der Waals surface area contributed by atoms with Crippen LogP contribution >= 0.6 is 0 Å². The molecule has 96 valence electrons. The van der Waals surface area contributed by atoms with Gasteiger partial charge in [-0.15, -0.1) is 0 Å². The van der Waals surface area contributed by atoms with Gasteiger partial charge in [0.15, 0.2) is 0 Å². The van der Waals surface area contributed by atoms with Crippen LogP contribution < -0.4 is 5.63 Å². The first kappa shape index (κ1) is 12.5. The van der Waals surface area contributed by atoms with Crippen molar-refractivity contribution in [1.29, 1.82) is 0 Å². The first-order valence-corrected chi connectivity index (χ1v) is 4.71. The summed E-state index contributed by atoms with van der Waals surface area (Å²) in [7, 11) is 0. The molecule has 0 atom stereocenters. The second kappa shape index (κ2) is 3.79. The number of para-hydroxylation sites is 1. The summed E-state index contributed by atoms with van der Waals surface area (Å²) in [6, 6.07) is 5.96. The van der Waals surface area contributed by atoms with Gasteiger partial charge in [-0.1, -0.05) is 18.2 Å². The molecule has 2 nitrogen and oxygen atoms in total. The number of rotatable bonds is 1. The topological polar surface area (TPSA) is 30.2 Å². The minimum atomic E-state index is -5.84. The summed E-state index contributed by atoms with van der Waals surface area (Å²) in [6.07, 6.45) is -5.84. The standard InChI is InChI=1S/C11H5F5O2/c12-10(13,11(14,15)16)7-5-6-3-1-2-4-8(6)18-9(7)17/h1-5H. The number of hydrogen-bond acceptors (Lipinski definition) is 2. The molecule has 0 bridgehead atoms. The van der Waals surface area contributed by atoms with E-state index in [4.69, 9.17) is 0 Å². The van der Waals surface area contributed by atoms with Gasteiger partial charge < -0.3 is 4.42 Å². The maximum Gasteiger partial charge on any atom is 0.458 e. The SMILES string of the molecule is O=c1oc2ccccc2cc1C(F)(F)C(F)(F)F. The van der Waals surface area contributed by atoms with Crippen molar-refractivity contribution in [1.82, 2.24) is 0 Å². The van der Waals surface area contributed by atoms with Crippen LogP contribution in [0.25, 0.3) is 11.0 Å². The lowest BCUT2D eigenvalue weighted by Gasteiger charge is -2.18. The van der Waals surface area contributed by atoms with E-state index in [1.165, 1.54) is 24.3 Å². The summed E-state index contributed by atoms with van der Waals surface area (Å²) in [5, 5.41) is -0.00368. The third kappa shape index (κ3) is 1.85. The van der Waals surface area contributed by atoms with Crippen LogP contribution in [-0.4, -0.2) is 6.18 Å². The summed E-state index contributed by atoms with van der Waals surface area (Å²) >= 11 is 0. The molecule has 0 aliphatic carbocycles. The zero-order valence-electron chi connectivity index (χ0n) is 8.59. The van der Waals surface area contributed by atoms with Gasteiger partial charge in [-0.25, -0.2) is 4.79 Å². The van der Waals surface area contributed by atoms with Crippen molar-refractivity contribution in [2.75, 3.05) is 0 Å². The zero-order chi connectivity index (χ0) is 13.6. The summed E-state index contributed by atoms with van der Waals surface area (Å²) in [4.78, 5) is 11.2. The maximum absolute atomic E-state index is 13.1. The predicted molar refractivity (Wildman–Crippen MR) is 52.4 cm³/mol. The Kier molecular flexibility index (Phi) is 2.64. The Balaban J connectivity index is 2.73. The first-order chi connectivity index (χ1) is 8.23. The van der Waals surface area contributed by atoms with Crippen LogP contribution in [0, 0.1) is 0 Å². The minimum Gasteiger partial charge on any atom is -0.422 e. The second-order valence-electron chi connectivity index (χ2n) is 3.56. The van der Waals surface area contributed by atoms with Crippen molar-refractivity contribution in [3.8, 4) is 0 Å². The maximum atomic E-state index is 13.1. The lowest BCUT2D eigenvalue weighted by atomic mass is 10.1. The summed E-state index contributed by atoms with van der Waals surface area (Å²) in [6.45, 7) is 0. The molecule has 0 saturated carbocycles. The van der Waals surface area contributed by atoms with E-state index in [0.29, 0.717) is 6.07 Å². The monoisotopic (exact) mass is 264 g/mol. The molecular formula is C11H5F5O2. The van der Waals surface area contributed by atoms with Crippen molar-refractivity contribution in [3.05, 3.63) is 46.3 Å². The summed E-state index contributed by atoms with van der Waals surface area (Å²) in [5.41, 5.74) is -3.46. The molecule has 1 aromatic carbocycles. The molecule has 0 aliphatic rings. The number of alkyl halides is 5. The Morgan fingerprint density at radius 3 is 2.22 bits per heavy atom. The van der Waals surface area contributed by atoms with Gasteiger partial charge in [0.1, 0.15) is 11.1 Å². The van der Waals surface area contributed by atoms with Gasteiger partial charge in [-0.3, -0.25) is 0 Å². The molecular weight excluding hydrogens is 259 g/mol. The van der Waals surface area contributed by atoms with E-state index in [1.54, 1.807) is 0 Å². The van der Waals surface area contributed by atoms with Gasteiger partial charge in [0, 0.05) is 5.39 Å². The van der Waals surface area contributed by atoms with Crippen molar-refractivity contribution in [3.63, 3.8) is 0 Å². The first-order valence-electron chi connectivity index (χ1n) is 4.71. The average molecular weight is 264 g/mol. The normalized spacial score (nSPS) is 12.9. The van der Waals surface area contributed by atoms with Crippen LogP contribution in [0.3, 0.4) is 0 Å². The smallest absolute Gasteiger partial charge is 0.422 e. The van der Waals surface area contributed by atoms with E-state index in [0.717, 1.165) is 0 Å². The highest BCUT2D eigenvalue weighted by molar-refractivity contribution is 5.76. The largest absolute Gasteiger partial charge is 0.458 e. The number of benzene rings is 1. The fourth-order valence-electron chi connectivity index (χ4n) is 1.43. The molecule has 1 heterocycles. The third-order valence-electron chi connectivity index (χ3n) is 2.34. The molecule has 7 heteroatoms. The molecule has 0 aliphatic heterocycles. The van der Waals surface area contributed by atoms with E-state index in [-0.39, 0.29) is 11.0 Å². The van der Waals surface area contributed by atoms with Gasteiger partial charge >= 0.3 is 17.7 Å². The average Bonchev–Trinajstić information content (AvgIpc) is 2.26. The summed E-state index contributed by atoms with van der Waals surface area (Å²) < 4.78 is 67.1. The molecule has 0 radical (unpaired) electrons. The molecule has 0 N–H and O–H groups in total. The van der Waals surface area contributed by atoms with E-state index in [9.17, 15) is 26.7 Å². The molecule has 0 fully saturated rings. The fraction of sp³-hybridized carbons (Fsp3) is 0.182. The molecule has 0 spiro atoms. The van der Waals surface area contributed by atoms with Crippen molar-refractivity contribution in [2.45, 2.75) is 12.1 Å². The molecule has 0 saturated heterocycles. The Labute approximate surface area is 96.6 Å². The molecule has 2 rings (SSSR count). The quantitative estimate of drug-likeness (QED) is 0.583. The number of fused-ring (bicyclic) bond motifs is 1. The Bertz CT molecular complexity index is 642. The van der Waals surface area contributed by atoms with E-state index in [2.05, 4.69) is 4.42 Å². The minimum absolute atomic E-state index is 0.00368. The highest BCUT2D eigenvalue weighted by Crippen LogP contribution is 2.42. The highest BCUT2D eigenvalue weighted by Gasteiger charge is 2.60. The molecule has 18 heavy (non-hydrogen) atoms. The summed E-state index contributed by atoms with van der Waals surface area (Å²) in [5.74, 6) is -5.24. The molecule has 0 amide bonds. The van der Waals surface area contributed by atoms with Crippen LogP contribution in [0.4, 0.5) is 22.0 Å². The van der Waals surface area contributed by atoms with E-state index in [1.807, 2.05) is 0 Å². The van der Waals surface area contributed by atoms with Crippen LogP contribution in [-0.2, 0) is 5.92 Å². The fourth-order valence-corrected chi connectivity index (χ4v) is 1.43. The second-order valence-corrected chi connectivity index (χ2v) is 3.56. The van der Waals surface area contributed by atoms with E-state index >= 15 is 0 Å². The molecule has 2 aromatic rings.